The average Bonchev–Trinajstić information content (AvgIpc) is 3.84. The Hall–Kier alpha value is -2.91. The first kappa shape index (κ1) is 33.0. The van der Waals surface area contributed by atoms with Crippen LogP contribution in [-0.2, 0) is 14.9 Å². The van der Waals surface area contributed by atoms with Gasteiger partial charge in [-0.2, -0.15) is 13.1 Å². The minimum absolute atomic E-state index is 0.00685. The van der Waals surface area contributed by atoms with E-state index in [0.29, 0.717) is 23.9 Å². The first-order valence-electron chi connectivity index (χ1n) is 16.3. The first-order chi connectivity index (χ1) is 21.9. The van der Waals surface area contributed by atoms with Gasteiger partial charge in [0.1, 0.15) is 17.9 Å². The molecule has 1 aromatic heterocycles. The highest BCUT2D eigenvalue weighted by molar-refractivity contribution is 7.87. The molecule has 2 atom stereocenters. The summed E-state index contributed by atoms with van der Waals surface area (Å²) >= 11 is 0. The van der Waals surface area contributed by atoms with Crippen molar-refractivity contribution in [2.75, 3.05) is 51.3 Å². The number of ether oxygens (including phenoxy) is 2. The number of likely N-dealkylation sites (tertiary alicyclic amines) is 1. The second-order valence-corrected chi connectivity index (χ2v) is 15.6. The van der Waals surface area contributed by atoms with Crippen molar-refractivity contribution in [2.24, 2.45) is 5.41 Å². The largest absolute Gasteiger partial charge is 0.451 e. The normalized spacial score (nSPS) is 25.0. The van der Waals surface area contributed by atoms with E-state index in [0.717, 1.165) is 71.2 Å². The molecule has 3 saturated heterocycles. The molecule has 1 spiro atoms. The third-order valence-corrected chi connectivity index (χ3v) is 11.0. The highest BCUT2D eigenvalue weighted by Crippen LogP contribution is 2.45. The maximum Gasteiger partial charge on any atom is 0.276 e. The molecule has 0 radical (unpaired) electrons. The van der Waals surface area contributed by atoms with E-state index in [9.17, 15) is 17.6 Å². The van der Waals surface area contributed by atoms with E-state index in [1.54, 1.807) is 6.20 Å². The zero-order valence-corrected chi connectivity index (χ0v) is 28.0. The lowest BCUT2D eigenvalue weighted by Crippen LogP contribution is -2.62. The van der Waals surface area contributed by atoms with Crippen LogP contribution in [0.5, 0.6) is 11.5 Å². The predicted molar refractivity (Wildman–Crippen MR) is 172 cm³/mol. The van der Waals surface area contributed by atoms with Gasteiger partial charge in [-0.15, -0.1) is 0 Å². The third kappa shape index (κ3) is 7.30. The Kier molecular flexibility index (Phi) is 9.29. The summed E-state index contributed by atoms with van der Waals surface area (Å²) in [6.45, 7) is 10.8. The Labute approximate surface area is 271 Å². The molecule has 46 heavy (non-hydrogen) atoms. The lowest BCUT2D eigenvalue weighted by molar-refractivity contribution is -0.0979. The van der Waals surface area contributed by atoms with Gasteiger partial charge in [0.15, 0.2) is 11.6 Å². The number of carbonyl (C=O) groups excluding carboxylic acids is 1. The van der Waals surface area contributed by atoms with Gasteiger partial charge in [-0.05, 0) is 90.6 Å². The molecular weight excluding hydrogens is 613 g/mol. The van der Waals surface area contributed by atoms with Gasteiger partial charge in [-0.1, -0.05) is 0 Å². The van der Waals surface area contributed by atoms with Crippen molar-refractivity contribution in [3.05, 3.63) is 42.1 Å². The molecule has 1 saturated carbocycles. The molecule has 12 nitrogen and oxygen atoms in total. The van der Waals surface area contributed by atoms with Crippen molar-refractivity contribution in [3.63, 3.8) is 0 Å². The number of halogens is 1. The number of rotatable bonds is 11. The molecular formula is C32H46FN7O5S. The van der Waals surface area contributed by atoms with Crippen LogP contribution in [0.15, 0.2) is 30.7 Å². The number of piperidine rings is 1. The van der Waals surface area contributed by atoms with Crippen molar-refractivity contribution in [1.29, 1.82) is 0 Å². The molecule has 0 unspecified atom stereocenters. The standard InChI is InChI=1S/C32H46FN7O5S/c1-22(2)40(25-6-7-25)30(41)26-15-23(33)5-8-27(26)45-28-16-35-21-36-29(28)39-19-32(20-39)11-13-38(14-12-32)18-31(3)10-9-24(17-44-31)37-46(42,43)34-4/h5,8,15-16,21-22,24-25,34,37H,6-7,9-14,17-20H2,1-4H3/t24-,31-/m1/s1. The summed E-state index contributed by atoms with van der Waals surface area (Å²) in [6, 6.07) is 4.02. The lowest BCUT2D eigenvalue weighted by atomic mass is 9.71. The van der Waals surface area contributed by atoms with Crippen LogP contribution < -0.4 is 19.1 Å². The van der Waals surface area contributed by atoms with Gasteiger partial charge in [0.05, 0.1) is 24.0 Å². The number of nitrogens with one attached hydrogen (secondary N) is 2. The maximum atomic E-state index is 14.4. The Morgan fingerprint density at radius 3 is 2.54 bits per heavy atom. The maximum absolute atomic E-state index is 14.4. The molecule has 1 amide bonds. The summed E-state index contributed by atoms with van der Waals surface area (Å²) < 4.78 is 55.5. The second kappa shape index (κ2) is 12.9. The second-order valence-electron chi connectivity index (χ2n) is 13.9. The fourth-order valence-corrected chi connectivity index (χ4v) is 7.87. The lowest BCUT2D eigenvalue weighted by Gasteiger charge is -2.55. The quantitative estimate of drug-likeness (QED) is 0.373. The fourth-order valence-electron chi connectivity index (χ4n) is 7.13. The van der Waals surface area contributed by atoms with E-state index in [-0.39, 0.29) is 40.6 Å². The van der Waals surface area contributed by atoms with E-state index < -0.39 is 16.0 Å². The van der Waals surface area contributed by atoms with Gasteiger partial charge in [0.25, 0.3) is 16.1 Å². The van der Waals surface area contributed by atoms with Crippen molar-refractivity contribution < 1.29 is 27.1 Å². The Balaban J connectivity index is 1.05. The number of hydrogen-bond acceptors (Lipinski definition) is 9. The van der Waals surface area contributed by atoms with Crippen molar-refractivity contribution in [2.45, 2.75) is 83.0 Å². The molecule has 252 valence electrons. The van der Waals surface area contributed by atoms with Gasteiger partial charge in [0, 0.05) is 50.2 Å². The van der Waals surface area contributed by atoms with Gasteiger partial charge < -0.3 is 24.2 Å². The molecule has 1 aromatic carbocycles. The third-order valence-electron chi connectivity index (χ3n) is 9.85. The van der Waals surface area contributed by atoms with Gasteiger partial charge in [-0.3, -0.25) is 4.79 Å². The molecule has 4 aliphatic rings. The average molecular weight is 660 g/mol. The van der Waals surface area contributed by atoms with Crippen LogP contribution >= 0.6 is 0 Å². The molecule has 2 N–H and O–H groups in total. The molecule has 3 aliphatic heterocycles. The van der Waals surface area contributed by atoms with Crippen LogP contribution in [0, 0.1) is 11.2 Å². The number of benzene rings is 1. The Bertz CT molecular complexity index is 1510. The molecule has 14 heteroatoms. The predicted octanol–water partition coefficient (Wildman–Crippen LogP) is 3.31. The van der Waals surface area contributed by atoms with Gasteiger partial charge in [-0.25, -0.2) is 19.1 Å². The van der Waals surface area contributed by atoms with Crippen LogP contribution in [-0.4, -0.2) is 104 Å². The number of hydrogen-bond donors (Lipinski definition) is 2. The van der Waals surface area contributed by atoms with E-state index >= 15 is 0 Å². The number of carbonyl (C=O) groups is 1. The van der Waals surface area contributed by atoms with Crippen molar-refractivity contribution >= 4 is 21.9 Å². The van der Waals surface area contributed by atoms with Crippen molar-refractivity contribution in [3.8, 4) is 11.5 Å². The molecule has 4 heterocycles. The molecule has 0 bridgehead atoms. The highest BCUT2D eigenvalue weighted by atomic mass is 32.2. The minimum Gasteiger partial charge on any atom is -0.451 e. The summed E-state index contributed by atoms with van der Waals surface area (Å²) in [5.74, 6) is 0.684. The Morgan fingerprint density at radius 2 is 1.91 bits per heavy atom. The van der Waals surface area contributed by atoms with E-state index in [1.165, 1.54) is 31.6 Å². The monoisotopic (exact) mass is 659 g/mol. The highest BCUT2D eigenvalue weighted by Gasteiger charge is 2.47. The van der Waals surface area contributed by atoms with Crippen LogP contribution in [0.4, 0.5) is 10.2 Å². The zero-order valence-electron chi connectivity index (χ0n) is 27.2. The summed E-state index contributed by atoms with van der Waals surface area (Å²) in [7, 11) is -2.10. The molecule has 1 aliphatic carbocycles. The molecule has 4 fully saturated rings. The van der Waals surface area contributed by atoms with E-state index in [1.807, 2.05) is 18.7 Å². The number of nitrogens with zero attached hydrogens (tertiary/aromatic N) is 5. The first-order valence-corrected chi connectivity index (χ1v) is 17.8. The molecule has 2 aromatic rings. The number of aromatic nitrogens is 2. The van der Waals surface area contributed by atoms with Gasteiger partial charge in [0.2, 0.25) is 0 Å². The number of amides is 1. The smallest absolute Gasteiger partial charge is 0.276 e. The van der Waals surface area contributed by atoms with Crippen LogP contribution in [0.1, 0.15) is 69.7 Å². The Morgan fingerprint density at radius 1 is 1.17 bits per heavy atom. The van der Waals surface area contributed by atoms with Crippen molar-refractivity contribution in [1.82, 2.24) is 29.2 Å². The summed E-state index contributed by atoms with van der Waals surface area (Å²) in [6.07, 6.45) is 8.63. The SMILES string of the molecule is CNS(=O)(=O)N[C@@H]1CC[C@](C)(CN2CCC3(CC2)CN(c2ncncc2Oc2ccc(F)cc2C(=O)N(C(C)C)C2CC2)C3)OC1. The number of anilines is 1. The summed E-state index contributed by atoms with van der Waals surface area (Å²) in [5, 5.41) is 0. The summed E-state index contributed by atoms with van der Waals surface area (Å²) in [4.78, 5) is 28.8. The van der Waals surface area contributed by atoms with Gasteiger partial charge >= 0.3 is 0 Å². The minimum atomic E-state index is -3.49. The topological polar surface area (TPSA) is 129 Å². The molecule has 6 rings (SSSR count). The zero-order chi connectivity index (χ0) is 32.7. The van der Waals surface area contributed by atoms with Crippen LogP contribution in [0.3, 0.4) is 0 Å². The fraction of sp³-hybridized carbons (Fsp3) is 0.656. The van der Waals surface area contributed by atoms with Crippen LogP contribution in [0.25, 0.3) is 0 Å². The van der Waals surface area contributed by atoms with E-state index in [2.05, 4.69) is 36.1 Å². The van der Waals surface area contributed by atoms with E-state index in [4.69, 9.17) is 9.47 Å². The summed E-state index contributed by atoms with van der Waals surface area (Å²) in [5.41, 5.74) is 0.0761. The van der Waals surface area contributed by atoms with Crippen LogP contribution in [0.2, 0.25) is 0 Å².